The number of halogens is 1. The number of nitrogens with zero attached hydrogens (tertiary/aromatic N) is 4. The maximum absolute atomic E-state index is 12.3. The minimum Gasteiger partial charge on any atom is -0.444 e. The molecule has 0 spiro atoms. The normalized spacial score (nSPS) is 21.8. The molecule has 32 heavy (non-hydrogen) atoms. The van der Waals surface area contributed by atoms with E-state index in [1.165, 1.54) is 0 Å². The molecule has 186 valence electrons. The van der Waals surface area contributed by atoms with Gasteiger partial charge in [-0.2, -0.15) is 0 Å². The van der Waals surface area contributed by atoms with Crippen LogP contribution in [-0.2, 0) is 9.53 Å². The predicted octanol–water partition coefficient (Wildman–Crippen LogP) is 2.11. The number of guanidine groups is 1. The fourth-order valence-electron chi connectivity index (χ4n) is 4.10. The first-order valence-electron chi connectivity index (χ1n) is 11.6. The Bertz CT molecular complexity index is 638. The highest BCUT2D eigenvalue weighted by atomic mass is 127. The third-order valence-electron chi connectivity index (χ3n) is 5.50. The van der Waals surface area contributed by atoms with E-state index in [9.17, 15) is 9.59 Å². The summed E-state index contributed by atoms with van der Waals surface area (Å²) < 4.78 is 5.37. The van der Waals surface area contributed by atoms with Crippen LogP contribution in [0.25, 0.3) is 0 Å². The van der Waals surface area contributed by atoms with Crippen LogP contribution < -0.4 is 10.6 Å². The van der Waals surface area contributed by atoms with Crippen molar-refractivity contribution in [1.82, 2.24) is 25.3 Å². The van der Waals surface area contributed by atoms with E-state index in [1.54, 1.807) is 4.90 Å². The summed E-state index contributed by atoms with van der Waals surface area (Å²) in [6.07, 6.45) is 3.44. The number of aliphatic imine (C=N–C) groups is 1. The summed E-state index contributed by atoms with van der Waals surface area (Å²) in [6, 6.07) is 0.0756. The smallest absolute Gasteiger partial charge is 0.407 e. The lowest BCUT2D eigenvalue weighted by molar-refractivity contribution is -0.133. The van der Waals surface area contributed by atoms with Gasteiger partial charge < -0.3 is 25.2 Å². The Morgan fingerprint density at radius 1 is 1.19 bits per heavy atom. The number of hydrogen-bond acceptors (Lipinski definition) is 5. The second kappa shape index (κ2) is 13.4. The van der Waals surface area contributed by atoms with Gasteiger partial charge in [0.2, 0.25) is 5.91 Å². The van der Waals surface area contributed by atoms with Crippen molar-refractivity contribution in [2.75, 3.05) is 53.4 Å². The van der Waals surface area contributed by atoms with Crippen molar-refractivity contribution in [2.24, 2.45) is 4.99 Å². The standard InChI is InChI=1S/C22H42N6O3.HI/c1-7-23-20(28-15-11-17(16-28)25-21(30)31-22(2,3)4)24-12-9-14-27-13-8-10-18(27)19(29)26(5)6;/h17-18H,7-16H2,1-6H3,(H,23,24)(H,25,30);1H. The lowest BCUT2D eigenvalue weighted by Gasteiger charge is -2.26. The molecule has 0 aliphatic carbocycles. The first-order valence-corrected chi connectivity index (χ1v) is 11.6. The van der Waals surface area contributed by atoms with Gasteiger partial charge >= 0.3 is 6.09 Å². The topological polar surface area (TPSA) is 89.5 Å². The van der Waals surface area contributed by atoms with Crippen molar-refractivity contribution in [3.8, 4) is 0 Å². The fraction of sp³-hybridized carbons (Fsp3) is 0.864. The monoisotopic (exact) mass is 566 g/mol. The van der Waals surface area contributed by atoms with Gasteiger partial charge in [-0.1, -0.05) is 0 Å². The summed E-state index contributed by atoms with van der Waals surface area (Å²) in [4.78, 5) is 35.4. The number of hydrogen-bond donors (Lipinski definition) is 2. The Morgan fingerprint density at radius 3 is 2.53 bits per heavy atom. The average Bonchev–Trinajstić information content (AvgIpc) is 3.31. The molecule has 2 amide bonds. The molecule has 2 atom stereocenters. The first-order chi connectivity index (χ1) is 14.6. The molecule has 2 aliphatic rings. The predicted molar refractivity (Wildman–Crippen MR) is 139 cm³/mol. The van der Waals surface area contributed by atoms with Crippen LogP contribution in [0.4, 0.5) is 4.79 Å². The number of amides is 2. The Hall–Kier alpha value is -1.30. The van der Waals surface area contributed by atoms with Crippen LogP contribution in [0.5, 0.6) is 0 Å². The van der Waals surface area contributed by atoms with Gasteiger partial charge in [-0.3, -0.25) is 14.7 Å². The number of ether oxygens (including phenoxy) is 1. The van der Waals surface area contributed by atoms with E-state index in [0.717, 1.165) is 64.4 Å². The summed E-state index contributed by atoms with van der Waals surface area (Å²) in [7, 11) is 3.65. The van der Waals surface area contributed by atoms with Gasteiger partial charge in [0.25, 0.3) is 0 Å². The van der Waals surface area contributed by atoms with E-state index >= 15 is 0 Å². The Kier molecular flexibility index (Phi) is 12.0. The molecule has 0 saturated carbocycles. The second-order valence-electron chi connectivity index (χ2n) is 9.59. The molecule has 2 fully saturated rings. The highest BCUT2D eigenvalue weighted by molar-refractivity contribution is 14.0. The molecule has 9 nitrogen and oxygen atoms in total. The van der Waals surface area contributed by atoms with Crippen molar-refractivity contribution in [3.63, 3.8) is 0 Å². The van der Waals surface area contributed by atoms with Gasteiger partial charge in [0.1, 0.15) is 5.60 Å². The molecule has 0 bridgehead atoms. The van der Waals surface area contributed by atoms with Crippen molar-refractivity contribution < 1.29 is 14.3 Å². The van der Waals surface area contributed by atoms with Crippen molar-refractivity contribution in [2.45, 2.75) is 71.1 Å². The molecular weight excluding hydrogens is 523 g/mol. The molecule has 2 heterocycles. The van der Waals surface area contributed by atoms with E-state index in [2.05, 4.69) is 27.4 Å². The minimum absolute atomic E-state index is 0. The lowest BCUT2D eigenvalue weighted by Crippen LogP contribution is -2.44. The Balaban J connectivity index is 0.00000512. The molecule has 0 aromatic heterocycles. The van der Waals surface area contributed by atoms with Crippen molar-refractivity contribution >= 4 is 41.9 Å². The molecule has 10 heteroatoms. The van der Waals surface area contributed by atoms with E-state index < -0.39 is 5.60 Å². The summed E-state index contributed by atoms with van der Waals surface area (Å²) in [5, 5.41) is 6.33. The van der Waals surface area contributed by atoms with E-state index in [4.69, 9.17) is 9.73 Å². The van der Waals surface area contributed by atoms with Crippen LogP contribution >= 0.6 is 24.0 Å². The maximum atomic E-state index is 12.3. The zero-order valence-electron chi connectivity index (χ0n) is 20.6. The Morgan fingerprint density at radius 2 is 1.91 bits per heavy atom. The van der Waals surface area contributed by atoms with Gasteiger partial charge in [0.15, 0.2) is 5.96 Å². The number of likely N-dealkylation sites (N-methyl/N-ethyl adjacent to an activating group) is 1. The van der Waals surface area contributed by atoms with Gasteiger partial charge in [-0.15, -0.1) is 24.0 Å². The van der Waals surface area contributed by atoms with E-state index in [-0.39, 0.29) is 48.1 Å². The lowest BCUT2D eigenvalue weighted by atomic mass is 10.2. The highest BCUT2D eigenvalue weighted by Crippen LogP contribution is 2.19. The van der Waals surface area contributed by atoms with E-state index in [0.29, 0.717) is 6.54 Å². The largest absolute Gasteiger partial charge is 0.444 e. The van der Waals surface area contributed by atoms with E-state index in [1.807, 2.05) is 34.9 Å². The molecule has 0 aromatic rings. The zero-order valence-corrected chi connectivity index (χ0v) is 23.0. The van der Waals surface area contributed by atoms with Crippen LogP contribution in [-0.4, -0.2) is 104 Å². The minimum atomic E-state index is -0.496. The summed E-state index contributed by atoms with van der Waals surface area (Å²) in [6.45, 7) is 12.6. The number of carbonyl (C=O) groups is 2. The van der Waals surface area contributed by atoms with Crippen molar-refractivity contribution in [3.05, 3.63) is 0 Å². The van der Waals surface area contributed by atoms with Crippen molar-refractivity contribution in [1.29, 1.82) is 0 Å². The molecular formula is C22H43IN6O3. The zero-order chi connectivity index (χ0) is 23.0. The number of rotatable bonds is 7. The van der Waals surface area contributed by atoms with Crippen LogP contribution in [0.2, 0.25) is 0 Å². The van der Waals surface area contributed by atoms with Gasteiger partial charge in [-0.25, -0.2) is 4.79 Å². The van der Waals surface area contributed by atoms with Crippen LogP contribution in [0, 0.1) is 0 Å². The molecule has 2 unspecified atom stereocenters. The Labute approximate surface area is 210 Å². The third kappa shape index (κ3) is 9.29. The van der Waals surface area contributed by atoms with Gasteiger partial charge in [0, 0.05) is 46.8 Å². The number of nitrogens with one attached hydrogen (secondary N) is 2. The summed E-state index contributed by atoms with van der Waals surface area (Å²) >= 11 is 0. The molecule has 0 radical (unpaired) electrons. The highest BCUT2D eigenvalue weighted by Gasteiger charge is 2.31. The maximum Gasteiger partial charge on any atom is 0.407 e. The summed E-state index contributed by atoms with van der Waals surface area (Å²) in [5.41, 5.74) is -0.496. The molecule has 2 saturated heterocycles. The number of carbonyl (C=O) groups excluding carboxylic acids is 2. The third-order valence-corrected chi connectivity index (χ3v) is 5.50. The first kappa shape index (κ1) is 28.7. The quantitative estimate of drug-likeness (QED) is 0.213. The van der Waals surface area contributed by atoms with Crippen LogP contribution in [0.15, 0.2) is 4.99 Å². The molecule has 2 aliphatic heterocycles. The van der Waals surface area contributed by atoms with Crippen LogP contribution in [0.1, 0.15) is 53.4 Å². The van der Waals surface area contributed by atoms with Crippen LogP contribution in [0.3, 0.4) is 0 Å². The molecule has 2 N–H and O–H groups in total. The van der Waals surface area contributed by atoms with Gasteiger partial charge in [-0.05, 0) is 59.9 Å². The molecule has 2 rings (SSSR count). The number of likely N-dealkylation sites (tertiary alicyclic amines) is 2. The summed E-state index contributed by atoms with van der Waals surface area (Å²) in [5.74, 6) is 1.09. The fourth-order valence-corrected chi connectivity index (χ4v) is 4.10. The molecule has 0 aromatic carbocycles. The second-order valence-corrected chi connectivity index (χ2v) is 9.59. The van der Waals surface area contributed by atoms with Gasteiger partial charge in [0.05, 0.1) is 12.1 Å². The average molecular weight is 567 g/mol. The SMILES string of the molecule is CCNC(=NCCCN1CCCC1C(=O)N(C)C)N1CCC(NC(=O)OC(C)(C)C)C1.I. The number of alkyl carbamates (subject to hydrolysis) is 1.